The smallest absolute Gasteiger partial charge is 0.399 e. The number of hydrogen-bond donors (Lipinski definition) is 2. The van der Waals surface area contributed by atoms with E-state index in [0.717, 1.165) is 0 Å². The molecule has 3 N–H and O–H groups in total. The molecule has 0 aromatic heterocycles. The van der Waals surface area contributed by atoms with Crippen LogP contribution in [-0.4, -0.2) is 16.8 Å². The minimum Gasteiger partial charge on any atom is -0.399 e. The number of hydrogen-bond acceptors (Lipinski definition) is 4. The topological polar surface area (TPSA) is 93.0 Å². The van der Waals surface area contributed by atoms with Crippen LogP contribution >= 0.6 is 0 Å². The second kappa shape index (κ2) is 3.20. The van der Waals surface area contributed by atoms with Gasteiger partial charge in [-0.15, -0.1) is 0 Å². The van der Waals surface area contributed by atoms with Crippen molar-refractivity contribution < 1.29 is 18.1 Å². The molecule has 0 heterocycles. The second-order valence-corrected chi connectivity index (χ2v) is 1.68. The summed E-state index contributed by atoms with van der Waals surface area (Å²) in [6.45, 7) is 0. The van der Waals surface area contributed by atoms with Gasteiger partial charge in [-0.05, 0) is 0 Å². The molecule has 0 radical (unpaired) electrons. The lowest BCUT2D eigenvalue weighted by molar-refractivity contribution is -0.417. The first-order valence-corrected chi connectivity index (χ1v) is 2.53. The highest BCUT2D eigenvalue weighted by molar-refractivity contribution is 5.99. The van der Waals surface area contributed by atoms with Crippen LogP contribution in [0.5, 0.6) is 0 Å². The Morgan fingerprint density at radius 2 is 2.00 bits per heavy atom. The zero-order valence-corrected chi connectivity index (χ0v) is 5.55. The molecule has 0 amide bonds. The van der Waals surface area contributed by atoms with E-state index in [0.29, 0.717) is 0 Å². The maximum absolute atomic E-state index is 11.6. The Kier molecular flexibility index (Phi) is 2.77. The van der Waals surface area contributed by atoms with Crippen LogP contribution in [0.4, 0.5) is 13.2 Å². The van der Waals surface area contributed by atoms with Gasteiger partial charge in [-0.3, -0.25) is 15.5 Å². The van der Waals surface area contributed by atoms with E-state index in [2.05, 4.69) is 5.73 Å². The second-order valence-electron chi connectivity index (χ2n) is 1.68. The summed E-state index contributed by atoms with van der Waals surface area (Å²) in [4.78, 5) is 8.47. The van der Waals surface area contributed by atoms with Crippen molar-refractivity contribution in [1.82, 2.24) is 0 Å². The Balaban J connectivity index is 4.82. The van der Waals surface area contributed by atoms with Crippen LogP contribution in [0.25, 0.3) is 0 Å². The van der Waals surface area contributed by atoms with Crippen molar-refractivity contribution in [2.75, 3.05) is 0 Å². The summed E-state index contributed by atoms with van der Waals surface area (Å²) in [5, 5.41) is 16.1. The van der Waals surface area contributed by atoms with E-state index in [1.54, 1.807) is 0 Å². The van der Waals surface area contributed by atoms with Crippen LogP contribution in [0.1, 0.15) is 0 Å². The molecule has 0 bridgehead atoms. The molecule has 0 aliphatic carbocycles. The van der Waals surface area contributed by atoms with Crippen molar-refractivity contribution >= 4 is 5.71 Å². The average molecular weight is 183 g/mol. The normalized spacial score (nSPS) is 12.8. The van der Waals surface area contributed by atoms with E-state index >= 15 is 0 Å². The van der Waals surface area contributed by atoms with Gasteiger partial charge in [-0.1, -0.05) is 0 Å². The van der Waals surface area contributed by atoms with Gasteiger partial charge < -0.3 is 5.73 Å². The monoisotopic (exact) mass is 183 g/mol. The summed E-state index contributed by atoms with van der Waals surface area (Å²) in [6.07, 6.45) is -4.91. The van der Waals surface area contributed by atoms with Crippen LogP contribution in [0.3, 0.4) is 0 Å². The SMILES string of the molecule is N=C(/C(=C\N)[N+](=O)[O-])C(F)(F)F. The van der Waals surface area contributed by atoms with Crippen molar-refractivity contribution in [3.8, 4) is 0 Å². The van der Waals surface area contributed by atoms with Gasteiger partial charge in [0.15, 0.2) is 0 Å². The number of nitrogens with one attached hydrogen (secondary N) is 1. The van der Waals surface area contributed by atoms with Gasteiger partial charge in [0.1, 0.15) is 0 Å². The highest BCUT2D eigenvalue weighted by atomic mass is 19.4. The van der Waals surface area contributed by atoms with Gasteiger partial charge in [-0.25, -0.2) is 0 Å². The lowest BCUT2D eigenvalue weighted by atomic mass is 10.3. The van der Waals surface area contributed by atoms with E-state index in [9.17, 15) is 23.3 Å². The number of nitrogens with zero attached hydrogens (tertiary/aromatic N) is 1. The molecule has 0 fully saturated rings. The number of allylic oxidation sites excluding steroid dienone is 1. The Hall–Kier alpha value is -1.60. The molecule has 0 aromatic rings. The molecule has 0 rings (SSSR count). The molecule has 0 atom stereocenters. The molecule has 12 heavy (non-hydrogen) atoms. The number of halogens is 3. The molecule has 8 heteroatoms. The minimum atomic E-state index is -5.04. The number of nitro groups is 1. The summed E-state index contributed by atoms with van der Waals surface area (Å²) in [6, 6.07) is 0. The quantitative estimate of drug-likeness (QED) is 0.373. The summed E-state index contributed by atoms with van der Waals surface area (Å²) in [7, 11) is 0. The van der Waals surface area contributed by atoms with Gasteiger partial charge in [0.25, 0.3) is 0 Å². The third kappa shape index (κ3) is 2.22. The summed E-state index contributed by atoms with van der Waals surface area (Å²) in [5.41, 5.74) is 1.01. The van der Waals surface area contributed by atoms with Gasteiger partial charge >= 0.3 is 11.9 Å². The Bertz CT molecular complexity index is 244. The molecular weight excluding hydrogens is 179 g/mol. The maximum atomic E-state index is 11.6. The maximum Gasteiger partial charge on any atom is 0.439 e. The molecule has 0 saturated carbocycles. The van der Waals surface area contributed by atoms with Crippen LogP contribution in [0.2, 0.25) is 0 Å². The Morgan fingerprint density at radius 1 is 1.58 bits per heavy atom. The lowest BCUT2D eigenvalue weighted by Gasteiger charge is -2.03. The molecule has 0 unspecified atom stereocenters. The van der Waals surface area contributed by atoms with E-state index in [-0.39, 0.29) is 6.20 Å². The summed E-state index contributed by atoms with van der Waals surface area (Å²) in [5.74, 6) is 0. The zero-order chi connectivity index (χ0) is 9.94. The van der Waals surface area contributed by atoms with E-state index in [4.69, 9.17) is 5.41 Å². The molecule has 68 valence electrons. The fraction of sp³-hybridized carbons (Fsp3) is 0.250. The summed E-state index contributed by atoms with van der Waals surface area (Å²) >= 11 is 0. The van der Waals surface area contributed by atoms with Crippen molar-refractivity contribution in [1.29, 1.82) is 5.41 Å². The van der Waals surface area contributed by atoms with E-state index in [1.807, 2.05) is 0 Å². The van der Waals surface area contributed by atoms with Crippen LogP contribution in [0, 0.1) is 15.5 Å². The fourth-order valence-electron chi connectivity index (χ4n) is 0.381. The molecule has 0 aromatic carbocycles. The standard InChI is InChI=1S/C4H4F3N3O2/c5-4(6,7)3(9)2(1-8)10(11)12/h1,9H,8H2/b2-1+,9-3?. The van der Waals surface area contributed by atoms with E-state index in [1.165, 1.54) is 0 Å². The first-order valence-electron chi connectivity index (χ1n) is 2.53. The Labute approximate surface area is 64.3 Å². The predicted octanol–water partition coefficient (Wildman–Crippen LogP) is 0.645. The van der Waals surface area contributed by atoms with Crippen molar-refractivity contribution in [2.45, 2.75) is 6.18 Å². The molecule has 0 aliphatic heterocycles. The van der Waals surface area contributed by atoms with Crippen LogP contribution in [0.15, 0.2) is 11.9 Å². The third-order valence-electron chi connectivity index (χ3n) is 0.894. The fourth-order valence-corrected chi connectivity index (χ4v) is 0.381. The predicted molar refractivity (Wildman–Crippen MR) is 33.0 cm³/mol. The molecule has 0 spiro atoms. The molecule has 5 nitrogen and oxygen atoms in total. The molecule has 0 saturated heterocycles. The third-order valence-corrected chi connectivity index (χ3v) is 0.894. The zero-order valence-electron chi connectivity index (χ0n) is 5.55. The first-order chi connectivity index (χ1) is 5.30. The minimum absolute atomic E-state index is 0.135. The largest absolute Gasteiger partial charge is 0.439 e. The molecular formula is C4H4F3N3O2. The van der Waals surface area contributed by atoms with Gasteiger partial charge in [0.05, 0.1) is 11.1 Å². The van der Waals surface area contributed by atoms with Crippen molar-refractivity contribution in [2.24, 2.45) is 5.73 Å². The van der Waals surface area contributed by atoms with Gasteiger partial charge in [0, 0.05) is 0 Å². The number of rotatable bonds is 2. The number of alkyl halides is 3. The average Bonchev–Trinajstić information content (AvgIpc) is 1.86. The lowest BCUT2D eigenvalue weighted by Crippen LogP contribution is -2.27. The Morgan fingerprint density at radius 3 is 2.08 bits per heavy atom. The van der Waals surface area contributed by atoms with Crippen LogP contribution in [-0.2, 0) is 0 Å². The summed E-state index contributed by atoms with van der Waals surface area (Å²) < 4.78 is 34.9. The van der Waals surface area contributed by atoms with Gasteiger partial charge in [0.2, 0.25) is 5.71 Å². The van der Waals surface area contributed by atoms with Crippen LogP contribution < -0.4 is 5.73 Å². The number of nitrogens with two attached hydrogens (primary N) is 1. The van der Waals surface area contributed by atoms with Gasteiger partial charge in [-0.2, -0.15) is 13.2 Å². The van der Waals surface area contributed by atoms with E-state index < -0.39 is 22.5 Å². The highest BCUT2D eigenvalue weighted by Crippen LogP contribution is 2.20. The molecule has 0 aliphatic rings. The van der Waals surface area contributed by atoms with Crippen molar-refractivity contribution in [3.63, 3.8) is 0 Å². The highest BCUT2D eigenvalue weighted by Gasteiger charge is 2.42. The first kappa shape index (κ1) is 10.4. The van der Waals surface area contributed by atoms with Crippen molar-refractivity contribution in [3.05, 3.63) is 22.0 Å².